The van der Waals surface area contributed by atoms with E-state index in [1.54, 1.807) is 12.3 Å². The average Bonchev–Trinajstić information content (AvgIpc) is 3.52. The zero-order chi connectivity index (χ0) is 18.8. The van der Waals surface area contributed by atoms with Crippen molar-refractivity contribution in [2.75, 3.05) is 5.32 Å². The van der Waals surface area contributed by atoms with Crippen molar-refractivity contribution in [2.45, 2.75) is 32.0 Å². The molecule has 1 aliphatic rings. The lowest BCUT2D eigenvalue weighted by Gasteiger charge is -2.10. The predicted octanol–water partition coefficient (Wildman–Crippen LogP) is 4.35. The van der Waals surface area contributed by atoms with Gasteiger partial charge < -0.3 is 14.6 Å². The lowest BCUT2D eigenvalue weighted by molar-refractivity contribution is 0.293. The normalized spacial score (nSPS) is 13.6. The summed E-state index contributed by atoms with van der Waals surface area (Å²) in [7, 11) is 0. The van der Waals surface area contributed by atoms with Crippen LogP contribution in [0.25, 0.3) is 11.0 Å². The van der Waals surface area contributed by atoms with Gasteiger partial charge in [-0.3, -0.25) is 0 Å². The van der Waals surface area contributed by atoms with Crippen molar-refractivity contribution in [2.24, 2.45) is 0 Å². The van der Waals surface area contributed by atoms with Crippen molar-refractivity contribution in [3.63, 3.8) is 0 Å². The molecule has 1 N–H and O–H groups in total. The van der Waals surface area contributed by atoms with Gasteiger partial charge in [0.05, 0.1) is 17.6 Å². The first kappa shape index (κ1) is 16.7. The minimum absolute atomic E-state index is 0.481. The first-order valence-corrected chi connectivity index (χ1v) is 9.56. The summed E-state index contributed by atoms with van der Waals surface area (Å²) in [5.74, 6) is 2.11. The number of benzene rings is 2. The Bertz CT molecular complexity index is 1090. The van der Waals surface area contributed by atoms with Crippen LogP contribution in [0.2, 0.25) is 0 Å². The van der Waals surface area contributed by atoms with Crippen LogP contribution in [-0.4, -0.2) is 19.5 Å². The third kappa shape index (κ3) is 3.53. The number of ether oxygens (including phenoxy) is 1. The van der Waals surface area contributed by atoms with Crippen LogP contribution in [-0.2, 0) is 13.2 Å². The van der Waals surface area contributed by atoms with E-state index in [1.807, 2.05) is 36.4 Å². The fraction of sp³-hybridized carbons (Fsp3) is 0.227. The first-order valence-electron chi connectivity index (χ1n) is 9.56. The van der Waals surface area contributed by atoms with Crippen LogP contribution >= 0.6 is 0 Å². The van der Waals surface area contributed by atoms with Gasteiger partial charge in [0, 0.05) is 18.3 Å². The van der Waals surface area contributed by atoms with E-state index >= 15 is 0 Å². The summed E-state index contributed by atoms with van der Waals surface area (Å²) in [6.45, 7) is 1.06. The van der Waals surface area contributed by atoms with Crippen LogP contribution < -0.4 is 10.1 Å². The van der Waals surface area contributed by atoms with E-state index < -0.39 is 0 Å². The van der Waals surface area contributed by atoms with Crippen LogP contribution in [0.15, 0.2) is 66.9 Å². The quantitative estimate of drug-likeness (QED) is 0.523. The SMILES string of the molecule is c1ccc(COc2ccnc(NCc3nc4ccccc4n3C3CC3)n2)cc1. The van der Waals surface area contributed by atoms with Gasteiger partial charge in [-0.25, -0.2) is 9.97 Å². The molecule has 0 bridgehead atoms. The van der Waals surface area contributed by atoms with E-state index in [0.29, 0.717) is 31.0 Å². The van der Waals surface area contributed by atoms with Crippen LogP contribution in [0.1, 0.15) is 30.3 Å². The summed E-state index contributed by atoms with van der Waals surface area (Å²) in [5, 5.41) is 3.30. The molecule has 0 aliphatic heterocycles. The molecule has 5 rings (SSSR count). The number of anilines is 1. The smallest absolute Gasteiger partial charge is 0.226 e. The van der Waals surface area contributed by atoms with E-state index in [2.05, 4.69) is 38.1 Å². The summed E-state index contributed by atoms with van der Waals surface area (Å²) in [6.07, 6.45) is 4.14. The monoisotopic (exact) mass is 371 g/mol. The van der Waals surface area contributed by atoms with E-state index in [0.717, 1.165) is 16.9 Å². The predicted molar refractivity (Wildman–Crippen MR) is 108 cm³/mol. The van der Waals surface area contributed by atoms with Crippen LogP contribution in [0.5, 0.6) is 5.88 Å². The molecule has 0 radical (unpaired) electrons. The molecule has 6 heteroatoms. The molecule has 0 unspecified atom stereocenters. The van der Waals surface area contributed by atoms with Crippen molar-refractivity contribution in [1.82, 2.24) is 19.5 Å². The second-order valence-electron chi connectivity index (χ2n) is 6.96. The Morgan fingerprint density at radius 1 is 0.964 bits per heavy atom. The maximum atomic E-state index is 5.79. The van der Waals surface area contributed by atoms with Crippen LogP contribution in [0.4, 0.5) is 5.95 Å². The zero-order valence-corrected chi connectivity index (χ0v) is 15.5. The Morgan fingerprint density at radius 3 is 2.64 bits per heavy atom. The highest BCUT2D eigenvalue weighted by Crippen LogP contribution is 2.38. The van der Waals surface area contributed by atoms with Gasteiger partial charge in [-0.2, -0.15) is 4.98 Å². The number of aromatic nitrogens is 4. The Morgan fingerprint density at radius 2 is 1.79 bits per heavy atom. The van der Waals surface area contributed by atoms with Crippen molar-refractivity contribution < 1.29 is 4.74 Å². The Labute approximate surface area is 163 Å². The van der Waals surface area contributed by atoms with Crippen molar-refractivity contribution in [3.8, 4) is 5.88 Å². The molecule has 4 aromatic rings. The fourth-order valence-corrected chi connectivity index (χ4v) is 3.36. The topological polar surface area (TPSA) is 64.9 Å². The fourth-order valence-electron chi connectivity index (χ4n) is 3.36. The average molecular weight is 371 g/mol. The third-order valence-electron chi connectivity index (χ3n) is 4.85. The van der Waals surface area contributed by atoms with Gasteiger partial charge in [-0.1, -0.05) is 42.5 Å². The Hall–Kier alpha value is -3.41. The van der Waals surface area contributed by atoms with Gasteiger partial charge >= 0.3 is 0 Å². The van der Waals surface area contributed by atoms with Gasteiger partial charge in [-0.15, -0.1) is 0 Å². The molecule has 1 aliphatic carbocycles. The number of nitrogens with one attached hydrogen (secondary N) is 1. The second kappa shape index (κ2) is 7.31. The molecule has 1 fully saturated rings. The molecule has 0 amide bonds. The molecule has 140 valence electrons. The van der Waals surface area contributed by atoms with Gasteiger partial charge in [-0.05, 0) is 30.5 Å². The lowest BCUT2D eigenvalue weighted by Crippen LogP contribution is -2.10. The second-order valence-corrected chi connectivity index (χ2v) is 6.96. The largest absolute Gasteiger partial charge is 0.473 e. The summed E-state index contributed by atoms with van der Waals surface area (Å²) >= 11 is 0. The molecule has 0 atom stereocenters. The minimum atomic E-state index is 0.481. The molecule has 0 spiro atoms. The molecule has 0 saturated heterocycles. The number of nitrogens with zero attached hydrogens (tertiary/aromatic N) is 4. The number of imidazole rings is 1. The Balaban J connectivity index is 1.29. The van der Waals surface area contributed by atoms with Gasteiger partial charge in [0.15, 0.2) is 0 Å². The first-order chi connectivity index (χ1) is 13.9. The standard InChI is InChI=1S/C22H21N5O/c1-2-6-16(7-3-1)15-28-21-12-13-23-22(26-21)24-14-20-25-18-8-4-5-9-19(18)27(20)17-10-11-17/h1-9,12-13,17H,10-11,14-15H2,(H,23,24,26). The molecule has 2 heterocycles. The highest BCUT2D eigenvalue weighted by Gasteiger charge is 2.27. The lowest BCUT2D eigenvalue weighted by atomic mass is 10.2. The van der Waals surface area contributed by atoms with E-state index in [-0.39, 0.29) is 0 Å². The molecule has 28 heavy (non-hydrogen) atoms. The van der Waals surface area contributed by atoms with Crippen LogP contribution in [0, 0.1) is 0 Å². The minimum Gasteiger partial charge on any atom is -0.473 e. The summed E-state index contributed by atoms with van der Waals surface area (Å²) in [5.41, 5.74) is 3.34. The van der Waals surface area contributed by atoms with E-state index in [4.69, 9.17) is 9.72 Å². The molecular weight excluding hydrogens is 350 g/mol. The molecule has 1 saturated carbocycles. The summed E-state index contributed by atoms with van der Waals surface area (Å²) in [6, 6.07) is 20.7. The van der Waals surface area contributed by atoms with Crippen molar-refractivity contribution in [1.29, 1.82) is 0 Å². The third-order valence-corrected chi connectivity index (χ3v) is 4.85. The number of rotatable bonds is 7. The van der Waals surface area contributed by atoms with Crippen molar-refractivity contribution >= 4 is 17.0 Å². The maximum Gasteiger partial charge on any atom is 0.226 e. The van der Waals surface area contributed by atoms with E-state index in [9.17, 15) is 0 Å². The van der Waals surface area contributed by atoms with Crippen LogP contribution in [0.3, 0.4) is 0 Å². The van der Waals surface area contributed by atoms with Gasteiger partial charge in [0.1, 0.15) is 12.4 Å². The molecule has 2 aromatic carbocycles. The number of fused-ring (bicyclic) bond motifs is 1. The van der Waals surface area contributed by atoms with Crippen molar-refractivity contribution in [3.05, 3.63) is 78.2 Å². The highest BCUT2D eigenvalue weighted by atomic mass is 16.5. The number of hydrogen-bond acceptors (Lipinski definition) is 5. The zero-order valence-electron chi connectivity index (χ0n) is 15.5. The summed E-state index contributed by atoms with van der Waals surface area (Å²) < 4.78 is 8.14. The van der Waals surface area contributed by atoms with Gasteiger partial charge in [0.2, 0.25) is 11.8 Å². The molecular formula is C22H21N5O. The number of para-hydroxylation sites is 2. The van der Waals surface area contributed by atoms with Gasteiger partial charge in [0.25, 0.3) is 0 Å². The summed E-state index contributed by atoms with van der Waals surface area (Å²) in [4.78, 5) is 13.6. The maximum absolute atomic E-state index is 5.79. The van der Waals surface area contributed by atoms with E-state index in [1.165, 1.54) is 18.4 Å². The molecule has 6 nitrogen and oxygen atoms in total. The molecule has 2 aromatic heterocycles. The number of hydrogen-bond donors (Lipinski definition) is 1. The Kier molecular flexibility index (Phi) is 4.37. The highest BCUT2D eigenvalue weighted by molar-refractivity contribution is 5.76.